The molecule has 4 aromatic rings. The fourth-order valence-corrected chi connectivity index (χ4v) is 4.35. The van der Waals surface area contributed by atoms with Crippen LogP contribution in [0.3, 0.4) is 0 Å². The largest absolute Gasteiger partial charge is 0.344 e. The Morgan fingerprint density at radius 2 is 1.94 bits per heavy atom. The average Bonchev–Trinajstić information content (AvgIpc) is 3.42. The van der Waals surface area contributed by atoms with E-state index >= 15 is 0 Å². The van der Waals surface area contributed by atoms with Crippen LogP contribution in [0.1, 0.15) is 28.5 Å². The van der Waals surface area contributed by atoms with Crippen molar-refractivity contribution in [1.29, 1.82) is 0 Å². The number of nitrogens with zero attached hydrogens (tertiary/aromatic N) is 2. The van der Waals surface area contributed by atoms with Crippen LogP contribution in [0.15, 0.2) is 66.0 Å². The first kappa shape index (κ1) is 21.1. The van der Waals surface area contributed by atoms with E-state index in [1.807, 2.05) is 53.3 Å². The van der Waals surface area contributed by atoms with Crippen molar-refractivity contribution >= 4 is 29.5 Å². The smallest absolute Gasteiger partial charge is 0.222 e. The van der Waals surface area contributed by atoms with E-state index in [0.29, 0.717) is 17.1 Å². The standard InChI is InChI=1S/C23H21FN4OS2/c1-15-4-6-17(7-5-15)22-26-27-23(30)28(22)13-12-20(29)25-21(19-3-2-14-31-19)16-8-10-18(24)11-9-16/h2-11,14,21H,12-13H2,1H3,(H,25,29)(H,27,30). The zero-order valence-corrected chi connectivity index (χ0v) is 18.5. The highest BCUT2D eigenvalue weighted by atomic mass is 32.1. The van der Waals surface area contributed by atoms with E-state index in [2.05, 4.69) is 15.5 Å². The van der Waals surface area contributed by atoms with Crippen LogP contribution in [0, 0.1) is 17.5 Å². The van der Waals surface area contributed by atoms with Crippen molar-refractivity contribution in [3.05, 3.63) is 92.6 Å². The van der Waals surface area contributed by atoms with Gasteiger partial charge in [0, 0.05) is 23.4 Å². The Hall–Kier alpha value is -3.10. The van der Waals surface area contributed by atoms with E-state index in [1.165, 1.54) is 12.1 Å². The van der Waals surface area contributed by atoms with Gasteiger partial charge in [-0.25, -0.2) is 4.39 Å². The number of hydrogen-bond acceptors (Lipinski definition) is 4. The minimum absolute atomic E-state index is 0.124. The Bertz CT molecular complexity index is 1210. The van der Waals surface area contributed by atoms with Crippen molar-refractivity contribution in [3.8, 4) is 11.4 Å². The molecule has 31 heavy (non-hydrogen) atoms. The predicted octanol–water partition coefficient (Wildman–Crippen LogP) is 5.41. The summed E-state index contributed by atoms with van der Waals surface area (Å²) in [5, 5.41) is 12.2. The van der Waals surface area contributed by atoms with Gasteiger partial charge in [0.05, 0.1) is 6.04 Å². The van der Waals surface area contributed by atoms with Gasteiger partial charge >= 0.3 is 0 Å². The predicted molar refractivity (Wildman–Crippen MR) is 123 cm³/mol. The van der Waals surface area contributed by atoms with Crippen molar-refractivity contribution in [2.45, 2.75) is 25.9 Å². The molecule has 1 amide bonds. The van der Waals surface area contributed by atoms with Gasteiger partial charge in [-0.2, -0.15) is 5.10 Å². The number of hydrogen-bond donors (Lipinski definition) is 2. The molecule has 2 N–H and O–H groups in total. The molecule has 1 atom stereocenters. The molecule has 0 aliphatic carbocycles. The van der Waals surface area contributed by atoms with Gasteiger partial charge in [-0.05, 0) is 48.3 Å². The molecule has 4 rings (SSSR count). The summed E-state index contributed by atoms with van der Waals surface area (Å²) in [5.41, 5.74) is 2.92. The molecule has 2 aromatic carbocycles. The Morgan fingerprint density at radius 1 is 1.19 bits per heavy atom. The number of carbonyl (C=O) groups is 1. The monoisotopic (exact) mass is 452 g/mol. The van der Waals surface area contributed by atoms with Crippen LogP contribution in [0.5, 0.6) is 0 Å². The van der Waals surface area contributed by atoms with Gasteiger partial charge in [0.2, 0.25) is 5.91 Å². The maximum Gasteiger partial charge on any atom is 0.222 e. The summed E-state index contributed by atoms with van der Waals surface area (Å²) in [7, 11) is 0. The highest BCUT2D eigenvalue weighted by Crippen LogP contribution is 2.26. The van der Waals surface area contributed by atoms with Crippen molar-refractivity contribution in [1.82, 2.24) is 20.1 Å². The first-order valence-corrected chi connectivity index (χ1v) is 11.1. The van der Waals surface area contributed by atoms with Crippen LogP contribution < -0.4 is 5.32 Å². The summed E-state index contributed by atoms with van der Waals surface area (Å²) in [6, 6.07) is 17.8. The molecule has 1 unspecified atom stereocenters. The van der Waals surface area contributed by atoms with Crippen molar-refractivity contribution in [2.24, 2.45) is 0 Å². The van der Waals surface area contributed by atoms with E-state index in [0.717, 1.165) is 21.6 Å². The quantitative estimate of drug-likeness (QED) is 0.369. The SMILES string of the molecule is Cc1ccc(-c2n[nH]c(=S)n2CCC(=O)NC(c2ccc(F)cc2)c2cccs2)cc1. The maximum atomic E-state index is 13.4. The number of carbonyl (C=O) groups excluding carboxylic acids is 1. The van der Waals surface area contributed by atoms with E-state index < -0.39 is 0 Å². The Kier molecular flexibility index (Phi) is 6.39. The van der Waals surface area contributed by atoms with E-state index in [9.17, 15) is 9.18 Å². The summed E-state index contributed by atoms with van der Waals surface area (Å²) in [6.07, 6.45) is 0.232. The van der Waals surface area contributed by atoms with Crippen LogP contribution in [0.25, 0.3) is 11.4 Å². The number of thiophene rings is 1. The third-order valence-corrected chi connectivity index (χ3v) is 6.22. The van der Waals surface area contributed by atoms with E-state index in [4.69, 9.17) is 12.2 Å². The molecular weight excluding hydrogens is 431 g/mol. The minimum Gasteiger partial charge on any atom is -0.344 e. The molecule has 0 bridgehead atoms. The summed E-state index contributed by atoms with van der Waals surface area (Å²) in [5.74, 6) is 0.268. The van der Waals surface area contributed by atoms with Crippen molar-refractivity contribution < 1.29 is 9.18 Å². The second kappa shape index (κ2) is 9.36. The minimum atomic E-state index is -0.331. The highest BCUT2D eigenvalue weighted by Gasteiger charge is 2.19. The zero-order valence-electron chi connectivity index (χ0n) is 16.8. The number of halogens is 1. The Labute approximate surface area is 188 Å². The second-order valence-corrected chi connectivity index (χ2v) is 8.55. The number of nitrogens with one attached hydrogen (secondary N) is 2. The third kappa shape index (κ3) is 4.98. The van der Waals surface area contributed by atoms with Crippen molar-refractivity contribution in [2.75, 3.05) is 0 Å². The van der Waals surface area contributed by atoms with Gasteiger partial charge in [-0.15, -0.1) is 11.3 Å². The van der Waals surface area contributed by atoms with Crippen LogP contribution >= 0.6 is 23.6 Å². The first-order valence-electron chi connectivity index (χ1n) is 9.82. The summed E-state index contributed by atoms with van der Waals surface area (Å²) >= 11 is 6.92. The molecule has 0 aliphatic rings. The Morgan fingerprint density at radius 3 is 2.61 bits per heavy atom. The lowest BCUT2D eigenvalue weighted by atomic mass is 10.0. The molecule has 2 aromatic heterocycles. The van der Waals surface area contributed by atoms with Crippen LogP contribution in [0.4, 0.5) is 4.39 Å². The number of aryl methyl sites for hydroxylation is 1. The maximum absolute atomic E-state index is 13.4. The zero-order chi connectivity index (χ0) is 21.8. The van der Waals surface area contributed by atoms with Crippen LogP contribution in [-0.4, -0.2) is 20.7 Å². The third-order valence-electron chi connectivity index (χ3n) is 4.97. The van der Waals surface area contributed by atoms with Gasteiger partial charge in [0.15, 0.2) is 10.6 Å². The van der Waals surface area contributed by atoms with E-state index in [1.54, 1.807) is 23.5 Å². The lowest BCUT2D eigenvalue weighted by Crippen LogP contribution is -2.29. The molecule has 0 fully saturated rings. The topological polar surface area (TPSA) is 62.7 Å². The molecule has 0 saturated heterocycles. The molecule has 2 heterocycles. The number of H-pyrrole nitrogens is 1. The van der Waals surface area contributed by atoms with Crippen LogP contribution in [-0.2, 0) is 11.3 Å². The second-order valence-electron chi connectivity index (χ2n) is 7.19. The number of benzene rings is 2. The molecule has 0 spiro atoms. The normalized spacial score (nSPS) is 11.9. The van der Waals surface area contributed by atoms with Gasteiger partial charge in [0.25, 0.3) is 0 Å². The molecule has 0 saturated carbocycles. The van der Waals surface area contributed by atoms with E-state index in [-0.39, 0.29) is 24.2 Å². The highest BCUT2D eigenvalue weighted by molar-refractivity contribution is 7.71. The summed E-state index contributed by atoms with van der Waals surface area (Å²) in [4.78, 5) is 13.8. The molecular formula is C23H21FN4OS2. The summed E-state index contributed by atoms with van der Waals surface area (Å²) < 4.78 is 15.7. The summed E-state index contributed by atoms with van der Waals surface area (Å²) in [6.45, 7) is 2.42. The first-order chi connectivity index (χ1) is 15.0. The van der Waals surface area contributed by atoms with Gasteiger partial charge in [-0.1, -0.05) is 48.0 Å². The molecule has 158 valence electrons. The fraction of sp³-hybridized carbons (Fsp3) is 0.174. The molecule has 0 aliphatic heterocycles. The number of aromatic amines is 1. The number of amides is 1. The fourth-order valence-electron chi connectivity index (χ4n) is 3.32. The number of rotatable bonds is 7. The number of aromatic nitrogens is 3. The van der Waals surface area contributed by atoms with Gasteiger partial charge < -0.3 is 5.32 Å². The van der Waals surface area contributed by atoms with Crippen LogP contribution in [0.2, 0.25) is 0 Å². The van der Waals surface area contributed by atoms with Crippen molar-refractivity contribution in [3.63, 3.8) is 0 Å². The molecule has 8 heteroatoms. The Balaban J connectivity index is 1.50. The van der Waals surface area contributed by atoms with Gasteiger partial charge in [-0.3, -0.25) is 14.5 Å². The molecule has 0 radical (unpaired) electrons. The van der Waals surface area contributed by atoms with Gasteiger partial charge in [0.1, 0.15) is 5.82 Å². The molecule has 5 nitrogen and oxygen atoms in total. The average molecular weight is 453 g/mol. The lowest BCUT2D eigenvalue weighted by Gasteiger charge is -2.18. The lowest BCUT2D eigenvalue weighted by molar-refractivity contribution is -0.121.